The number of aliphatic hydroxyl groups excluding tert-OH is 1. The Bertz CT molecular complexity index is 1100. The molecule has 1 N–H and O–H groups in total. The summed E-state index contributed by atoms with van der Waals surface area (Å²) in [4.78, 5) is 37.0. The Balaban J connectivity index is 2.23. The van der Waals surface area contributed by atoms with E-state index in [0.29, 0.717) is 35.9 Å². The van der Waals surface area contributed by atoms with Crippen molar-refractivity contribution < 1.29 is 14.7 Å². The van der Waals surface area contributed by atoms with Crippen LogP contribution in [0.5, 0.6) is 0 Å². The molecule has 9 heteroatoms. The lowest BCUT2D eigenvalue weighted by Crippen LogP contribution is -2.32. The SMILES string of the molecule is Cc1ccccc1-c1nc(N(C)C=O)c(C(=O)N(C)CCCO)n1Cc1ccc(Cl)cn1. The largest absolute Gasteiger partial charge is 0.396 e. The molecule has 0 fully saturated rings. The molecule has 0 atom stereocenters. The van der Waals surface area contributed by atoms with Crippen LogP contribution in [0.15, 0.2) is 42.6 Å². The summed E-state index contributed by atoms with van der Waals surface area (Å²) in [6, 6.07) is 11.3. The van der Waals surface area contributed by atoms with Gasteiger partial charge in [-0.05, 0) is 31.0 Å². The van der Waals surface area contributed by atoms with Crippen molar-refractivity contribution in [2.45, 2.75) is 19.9 Å². The van der Waals surface area contributed by atoms with Crippen LogP contribution in [0.3, 0.4) is 0 Å². The van der Waals surface area contributed by atoms with Gasteiger partial charge in [0.1, 0.15) is 5.82 Å². The maximum atomic E-state index is 13.5. The predicted octanol–water partition coefficient (Wildman–Crippen LogP) is 3.00. The minimum atomic E-state index is -0.302. The summed E-state index contributed by atoms with van der Waals surface area (Å²) in [7, 11) is 3.22. The van der Waals surface area contributed by atoms with E-state index in [9.17, 15) is 14.7 Å². The molecule has 168 valence electrons. The summed E-state index contributed by atoms with van der Waals surface area (Å²) in [5, 5.41) is 9.69. The zero-order chi connectivity index (χ0) is 23.3. The summed E-state index contributed by atoms with van der Waals surface area (Å²) in [5.74, 6) is 0.513. The molecule has 3 aromatic rings. The van der Waals surface area contributed by atoms with E-state index in [0.717, 1.165) is 11.1 Å². The van der Waals surface area contributed by atoms with Gasteiger partial charge in [-0.3, -0.25) is 14.6 Å². The Kier molecular flexibility index (Phi) is 7.61. The fourth-order valence-electron chi connectivity index (χ4n) is 3.38. The van der Waals surface area contributed by atoms with Crippen LogP contribution in [0.4, 0.5) is 5.82 Å². The predicted molar refractivity (Wildman–Crippen MR) is 124 cm³/mol. The lowest BCUT2D eigenvalue weighted by molar-refractivity contribution is -0.107. The van der Waals surface area contributed by atoms with Crippen molar-refractivity contribution in [3.05, 3.63) is 64.6 Å². The van der Waals surface area contributed by atoms with Crippen molar-refractivity contribution in [1.29, 1.82) is 0 Å². The van der Waals surface area contributed by atoms with Crippen molar-refractivity contribution in [2.24, 2.45) is 0 Å². The van der Waals surface area contributed by atoms with Crippen LogP contribution in [0, 0.1) is 6.92 Å². The molecule has 0 spiro atoms. The second-order valence-electron chi connectivity index (χ2n) is 7.50. The highest BCUT2D eigenvalue weighted by molar-refractivity contribution is 6.30. The van der Waals surface area contributed by atoms with E-state index in [1.807, 2.05) is 31.2 Å². The van der Waals surface area contributed by atoms with Gasteiger partial charge in [-0.2, -0.15) is 0 Å². The number of imidazole rings is 1. The molecule has 0 aliphatic heterocycles. The number of carbonyl (C=O) groups excluding carboxylic acids is 2. The number of pyridine rings is 1. The smallest absolute Gasteiger partial charge is 0.274 e. The van der Waals surface area contributed by atoms with Crippen molar-refractivity contribution in [3.63, 3.8) is 0 Å². The standard InChI is InChI=1S/C23H26ClN5O3/c1-16-7-4-5-8-19(16)21-26-22(28(3)15-31)20(23(32)27(2)11-6-12-30)29(21)14-18-10-9-17(24)13-25-18/h4-5,7-10,13,15,30H,6,11-12,14H2,1-3H3. The highest BCUT2D eigenvalue weighted by Crippen LogP contribution is 2.31. The fourth-order valence-corrected chi connectivity index (χ4v) is 3.49. The van der Waals surface area contributed by atoms with Crippen molar-refractivity contribution in [2.75, 3.05) is 32.1 Å². The molecule has 0 bridgehead atoms. The first-order valence-corrected chi connectivity index (χ1v) is 10.6. The van der Waals surface area contributed by atoms with Gasteiger partial charge in [0.25, 0.3) is 5.91 Å². The second-order valence-corrected chi connectivity index (χ2v) is 7.93. The molecule has 0 saturated carbocycles. The van der Waals surface area contributed by atoms with E-state index in [4.69, 9.17) is 16.6 Å². The number of halogens is 1. The monoisotopic (exact) mass is 455 g/mol. The number of aromatic nitrogens is 3. The molecule has 1 aromatic carbocycles. The maximum Gasteiger partial charge on any atom is 0.274 e. The average molecular weight is 456 g/mol. The van der Waals surface area contributed by atoms with Crippen LogP contribution in [-0.4, -0.2) is 64.1 Å². The number of hydrogen-bond acceptors (Lipinski definition) is 5. The van der Waals surface area contributed by atoms with Crippen LogP contribution in [-0.2, 0) is 11.3 Å². The summed E-state index contributed by atoms with van der Waals surface area (Å²) in [5.41, 5.74) is 2.79. The van der Waals surface area contributed by atoms with Gasteiger partial charge in [0.15, 0.2) is 11.5 Å². The van der Waals surface area contributed by atoms with E-state index in [1.54, 1.807) is 37.0 Å². The minimum absolute atomic E-state index is 0.0267. The Morgan fingerprint density at radius 1 is 1.22 bits per heavy atom. The molecule has 2 heterocycles. The normalized spacial score (nSPS) is 10.8. The average Bonchev–Trinajstić information content (AvgIpc) is 3.16. The number of aliphatic hydroxyl groups is 1. The number of anilines is 1. The molecule has 2 aromatic heterocycles. The van der Waals surface area contributed by atoms with E-state index in [1.165, 1.54) is 9.80 Å². The number of aryl methyl sites for hydroxylation is 1. The molecular formula is C23H26ClN5O3. The van der Waals surface area contributed by atoms with E-state index in [2.05, 4.69) is 4.98 Å². The molecule has 0 aliphatic rings. The van der Waals surface area contributed by atoms with Crippen LogP contribution in [0.1, 0.15) is 28.2 Å². The molecular weight excluding hydrogens is 430 g/mol. The van der Waals surface area contributed by atoms with E-state index >= 15 is 0 Å². The third-order valence-corrected chi connectivity index (χ3v) is 5.36. The van der Waals surface area contributed by atoms with Crippen LogP contribution in [0.2, 0.25) is 5.02 Å². The van der Waals surface area contributed by atoms with Gasteiger partial charge in [-0.15, -0.1) is 0 Å². The number of rotatable bonds is 9. The number of carbonyl (C=O) groups is 2. The van der Waals surface area contributed by atoms with Crippen LogP contribution in [0.25, 0.3) is 11.4 Å². The Labute approximate surface area is 192 Å². The van der Waals surface area contributed by atoms with Gasteiger partial charge in [0.05, 0.1) is 17.3 Å². The summed E-state index contributed by atoms with van der Waals surface area (Å²) >= 11 is 5.99. The van der Waals surface area contributed by atoms with Gasteiger partial charge in [-0.1, -0.05) is 35.9 Å². The maximum absolute atomic E-state index is 13.5. The van der Waals surface area contributed by atoms with Crippen molar-refractivity contribution in [3.8, 4) is 11.4 Å². The molecule has 32 heavy (non-hydrogen) atoms. The third kappa shape index (κ3) is 4.98. The van der Waals surface area contributed by atoms with Crippen molar-refractivity contribution in [1.82, 2.24) is 19.4 Å². The Morgan fingerprint density at radius 2 is 1.97 bits per heavy atom. The first-order valence-electron chi connectivity index (χ1n) is 10.2. The number of hydrogen-bond donors (Lipinski definition) is 1. The summed E-state index contributed by atoms with van der Waals surface area (Å²) in [6.07, 6.45) is 2.62. The van der Waals surface area contributed by atoms with Crippen molar-refractivity contribution >= 4 is 29.7 Å². The van der Waals surface area contributed by atoms with E-state index < -0.39 is 0 Å². The molecule has 0 unspecified atom stereocenters. The molecule has 3 rings (SSSR count). The molecule has 8 nitrogen and oxygen atoms in total. The Hall–Kier alpha value is -3.23. The van der Waals surface area contributed by atoms with Crippen LogP contribution < -0.4 is 4.90 Å². The summed E-state index contributed by atoms with van der Waals surface area (Å²) < 4.78 is 1.78. The van der Waals surface area contributed by atoms with Gasteiger partial charge >= 0.3 is 0 Å². The first-order chi connectivity index (χ1) is 15.4. The van der Waals surface area contributed by atoms with Gasteiger partial charge in [0.2, 0.25) is 6.41 Å². The van der Waals surface area contributed by atoms with Gasteiger partial charge in [-0.25, -0.2) is 4.98 Å². The first kappa shape index (κ1) is 23.4. The zero-order valence-electron chi connectivity index (χ0n) is 18.3. The van der Waals surface area contributed by atoms with Gasteiger partial charge in [0, 0.05) is 39.0 Å². The van der Waals surface area contributed by atoms with Crippen LogP contribution >= 0.6 is 11.6 Å². The van der Waals surface area contributed by atoms with Gasteiger partial charge < -0.3 is 19.5 Å². The second kappa shape index (κ2) is 10.4. The minimum Gasteiger partial charge on any atom is -0.396 e. The molecule has 0 radical (unpaired) electrons. The lowest BCUT2D eigenvalue weighted by atomic mass is 10.1. The lowest BCUT2D eigenvalue weighted by Gasteiger charge is -2.20. The number of benzene rings is 1. The number of amides is 2. The highest BCUT2D eigenvalue weighted by Gasteiger charge is 2.29. The van der Waals surface area contributed by atoms with E-state index in [-0.39, 0.29) is 30.6 Å². The number of nitrogens with zero attached hydrogens (tertiary/aromatic N) is 5. The summed E-state index contributed by atoms with van der Waals surface area (Å²) in [6.45, 7) is 2.56. The Morgan fingerprint density at radius 3 is 2.59 bits per heavy atom. The highest BCUT2D eigenvalue weighted by atomic mass is 35.5. The quantitative estimate of drug-likeness (QED) is 0.501. The molecule has 0 aliphatic carbocycles. The fraction of sp³-hybridized carbons (Fsp3) is 0.304. The topological polar surface area (TPSA) is 91.6 Å². The zero-order valence-corrected chi connectivity index (χ0v) is 19.1. The third-order valence-electron chi connectivity index (χ3n) is 5.14. The molecule has 0 saturated heterocycles. The molecule has 2 amide bonds.